The summed E-state index contributed by atoms with van der Waals surface area (Å²) in [4.78, 5) is 0. The zero-order valence-corrected chi connectivity index (χ0v) is 12.0. The van der Waals surface area contributed by atoms with Crippen LogP contribution in [-0.2, 0) is 12.0 Å². The smallest absolute Gasteiger partial charge is 0.0202 e. The highest BCUT2D eigenvalue weighted by atomic mass is 14.8. The fraction of sp³-hybridized carbons (Fsp3) is 0.667. The van der Waals surface area contributed by atoms with Gasteiger partial charge in [0.25, 0.3) is 0 Å². The molecule has 0 aromatic heterocycles. The average Bonchev–Trinajstić information content (AvgIpc) is 2.38. The maximum Gasteiger partial charge on any atom is 0.0202 e. The van der Waals surface area contributed by atoms with Gasteiger partial charge in [0.05, 0.1) is 0 Å². The maximum absolute atomic E-state index is 3.28. The molecule has 4 bridgehead atoms. The Kier molecular flexibility index (Phi) is 2.73. The van der Waals surface area contributed by atoms with Gasteiger partial charge in [-0.25, -0.2) is 0 Å². The third kappa shape index (κ3) is 1.94. The lowest BCUT2D eigenvalue weighted by atomic mass is 9.48. The van der Waals surface area contributed by atoms with Gasteiger partial charge in [0.15, 0.2) is 0 Å². The van der Waals surface area contributed by atoms with Crippen molar-refractivity contribution >= 4 is 0 Å². The normalized spacial score (nSPS) is 39.7. The summed E-state index contributed by atoms with van der Waals surface area (Å²) < 4.78 is 0. The zero-order chi connectivity index (χ0) is 12.9. The lowest BCUT2D eigenvalue weighted by molar-refractivity contribution is -0.00522. The van der Waals surface area contributed by atoms with Gasteiger partial charge in [-0.2, -0.15) is 0 Å². The van der Waals surface area contributed by atoms with E-state index in [-0.39, 0.29) is 0 Å². The van der Waals surface area contributed by atoms with Crippen molar-refractivity contribution in [2.24, 2.45) is 17.8 Å². The highest BCUT2D eigenvalue weighted by Gasteiger charge is 2.51. The Morgan fingerprint density at radius 2 is 1.68 bits per heavy atom. The molecular weight excluding hydrogens is 230 g/mol. The maximum atomic E-state index is 3.28. The second-order valence-corrected chi connectivity index (χ2v) is 7.43. The van der Waals surface area contributed by atoms with E-state index in [9.17, 15) is 0 Å². The molecule has 4 aliphatic carbocycles. The monoisotopic (exact) mass is 255 g/mol. The summed E-state index contributed by atoms with van der Waals surface area (Å²) >= 11 is 0. The highest BCUT2D eigenvalue weighted by Crippen LogP contribution is 2.60. The van der Waals surface area contributed by atoms with Gasteiger partial charge in [-0.05, 0) is 79.9 Å². The molecule has 1 heteroatoms. The van der Waals surface area contributed by atoms with Crippen LogP contribution < -0.4 is 5.32 Å². The van der Waals surface area contributed by atoms with Gasteiger partial charge in [0.1, 0.15) is 0 Å². The van der Waals surface area contributed by atoms with Crippen LogP contribution in [0.2, 0.25) is 0 Å². The van der Waals surface area contributed by atoms with Gasteiger partial charge in [-0.1, -0.05) is 24.3 Å². The van der Waals surface area contributed by atoms with Gasteiger partial charge < -0.3 is 5.32 Å². The molecule has 0 amide bonds. The second kappa shape index (κ2) is 4.34. The van der Waals surface area contributed by atoms with Crippen LogP contribution in [0.5, 0.6) is 0 Å². The SMILES string of the molecule is CNCc1cccc(C23CC4CC(CC(C4)C2)C3)c1. The van der Waals surface area contributed by atoms with E-state index in [1.807, 2.05) is 7.05 Å². The van der Waals surface area contributed by atoms with Crippen LogP contribution in [0.1, 0.15) is 49.7 Å². The van der Waals surface area contributed by atoms with Crippen molar-refractivity contribution in [3.63, 3.8) is 0 Å². The van der Waals surface area contributed by atoms with Crippen LogP contribution in [0.3, 0.4) is 0 Å². The van der Waals surface area contributed by atoms with Crippen molar-refractivity contribution in [1.82, 2.24) is 5.32 Å². The Morgan fingerprint density at radius 1 is 1.05 bits per heavy atom. The number of benzene rings is 1. The van der Waals surface area contributed by atoms with Crippen molar-refractivity contribution in [3.8, 4) is 0 Å². The van der Waals surface area contributed by atoms with E-state index in [1.54, 1.807) is 5.56 Å². The molecule has 19 heavy (non-hydrogen) atoms. The zero-order valence-electron chi connectivity index (χ0n) is 12.0. The predicted octanol–water partition coefficient (Wildman–Crippen LogP) is 3.87. The molecule has 1 N–H and O–H groups in total. The van der Waals surface area contributed by atoms with Crippen molar-refractivity contribution < 1.29 is 0 Å². The van der Waals surface area contributed by atoms with E-state index >= 15 is 0 Å². The Labute approximate surface area is 116 Å². The minimum Gasteiger partial charge on any atom is -0.316 e. The second-order valence-electron chi connectivity index (χ2n) is 7.43. The fourth-order valence-corrected chi connectivity index (χ4v) is 5.68. The van der Waals surface area contributed by atoms with Gasteiger partial charge in [-0.15, -0.1) is 0 Å². The lowest BCUT2D eigenvalue weighted by Crippen LogP contribution is -2.48. The molecule has 1 aromatic carbocycles. The standard InChI is InChI=1S/C18H25N/c1-19-12-13-3-2-4-17(8-13)18-9-14-5-15(10-18)7-16(6-14)11-18/h2-4,8,14-16,19H,5-7,9-12H2,1H3. The Morgan fingerprint density at radius 3 is 2.26 bits per heavy atom. The Balaban J connectivity index is 1.69. The Bertz CT molecular complexity index is 441. The van der Waals surface area contributed by atoms with Crippen molar-refractivity contribution in [1.29, 1.82) is 0 Å². The van der Waals surface area contributed by atoms with Crippen LogP contribution in [0.15, 0.2) is 24.3 Å². The predicted molar refractivity (Wildman–Crippen MR) is 79.1 cm³/mol. The summed E-state index contributed by atoms with van der Waals surface area (Å²) in [5, 5.41) is 3.28. The van der Waals surface area contributed by atoms with Crippen LogP contribution in [-0.4, -0.2) is 7.05 Å². The van der Waals surface area contributed by atoms with E-state index < -0.39 is 0 Å². The van der Waals surface area contributed by atoms with Crippen LogP contribution in [0.25, 0.3) is 0 Å². The number of hydrogen-bond acceptors (Lipinski definition) is 1. The van der Waals surface area contributed by atoms with Crippen molar-refractivity contribution in [3.05, 3.63) is 35.4 Å². The van der Waals surface area contributed by atoms with Gasteiger partial charge in [0, 0.05) is 6.54 Å². The topological polar surface area (TPSA) is 12.0 Å². The van der Waals surface area contributed by atoms with Crippen molar-refractivity contribution in [2.75, 3.05) is 7.05 Å². The molecule has 1 aromatic rings. The molecule has 0 spiro atoms. The molecule has 1 nitrogen and oxygen atoms in total. The first-order valence-electron chi connectivity index (χ1n) is 8.01. The minimum absolute atomic E-state index is 0.554. The van der Waals surface area contributed by atoms with Gasteiger partial charge in [-0.3, -0.25) is 0 Å². The summed E-state index contributed by atoms with van der Waals surface area (Å²) in [7, 11) is 2.04. The molecule has 102 valence electrons. The summed E-state index contributed by atoms with van der Waals surface area (Å²) in [6.07, 6.45) is 9.03. The third-order valence-corrected chi connectivity index (χ3v) is 5.96. The molecule has 4 saturated carbocycles. The van der Waals surface area contributed by atoms with Gasteiger partial charge >= 0.3 is 0 Å². The minimum atomic E-state index is 0.554. The summed E-state index contributed by atoms with van der Waals surface area (Å²) in [5.41, 5.74) is 3.66. The van der Waals surface area contributed by atoms with Crippen LogP contribution >= 0.6 is 0 Å². The first-order valence-corrected chi connectivity index (χ1v) is 8.01. The quantitative estimate of drug-likeness (QED) is 0.864. The lowest BCUT2D eigenvalue weighted by Gasteiger charge is -2.57. The number of rotatable bonds is 3. The molecular formula is C18H25N. The van der Waals surface area contributed by atoms with Gasteiger partial charge in [0.2, 0.25) is 0 Å². The molecule has 4 aliphatic rings. The van der Waals surface area contributed by atoms with Crippen LogP contribution in [0, 0.1) is 17.8 Å². The van der Waals surface area contributed by atoms with E-state index in [0.29, 0.717) is 5.41 Å². The number of hydrogen-bond donors (Lipinski definition) is 1. The Hall–Kier alpha value is -0.820. The molecule has 0 saturated heterocycles. The molecule has 0 heterocycles. The van der Waals surface area contributed by atoms with E-state index in [4.69, 9.17) is 0 Å². The first kappa shape index (κ1) is 12.0. The van der Waals surface area contributed by atoms with E-state index in [0.717, 1.165) is 24.3 Å². The molecule has 0 aliphatic heterocycles. The molecule has 4 fully saturated rings. The molecule has 5 rings (SSSR count). The first-order chi connectivity index (χ1) is 9.27. The molecule has 0 atom stereocenters. The summed E-state index contributed by atoms with van der Waals surface area (Å²) in [6.45, 7) is 1.00. The fourth-order valence-electron chi connectivity index (χ4n) is 5.68. The molecule has 0 unspecified atom stereocenters. The highest BCUT2D eigenvalue weighted by molar-refractivity contribution is 5.33. The third-order valence-electron chi connectivity index (χ3n) is 5.96. The van der Waals surface area contributed by atoms with E-state index in [2.05, 4.69) is 29.6 Å². The number of nitrogens with one attached hydrogen (secondary N) is 1. The average molecular weight is 255 g/mol. The molecule has 0 radical (unpaired) electrons. The van der Waals surface area contributed by atoms with E-state index in [1.165, 1.54) is 44.1 Å². The summed E-state index contributed by atoms with van der Waals surface area (Å²) in [5.74, 6) is 3.12. The van der Waals surface area contributed by atoms with Crippen molar-refractivity contribution in [2.45, 2.75) is 50.5 Å². The summed E-state index contributed by atoms with van der Waals surface area (Å²) in [6, 6.07) is 9.44. The largest absolute Gasteiger partial charge is 0.316 e. The van der Waals surface area contributed by atoms with Crippen LogP contribution in [0.4, 0.5) is 0 Å².